The fraction of sp³-hybridized carbons (Fsp3) is 0.182. The highest BCUT2D eigenvalue weighted by Crippen LogP contribution is 2.23. The van der Waals surface area contributed by atoms with Crippen LogP contribution in [0.5, 0.6) is 0 Å². The van der Waals surface area contributed by atoms with Gasteiger partial charge in [-0.2, -0.15) is 0 Å². The number of rotatable bonds is 3. The fourth-order valence-corrected chi connectivity index (χ4v) is 2.13. The van der Waals surface area contributed by atoms with E-state index < -0.39 is 0 Å². The summed E-state index contributed by atoms with van der Waals surface area (Å²) < 4.78 is 0. The van der Waals surface area contributed by atoms with Gasteiger partial charge < -0.3 is 11.1 Å². The molecule has 0 bridgehead atoms. The zero-order valence-electron chi connectivity index (χ0n) is 8.47. The first-order valence-corrected chi connectivity index (χ1v) is 5.64. The number of nitrogens with zero attached hydrogens (tertiary/aromatic N) is 1. The molecule has 0 aliphatic heterocycles. The maximum atomic E-state index is 5.65. The minimum absolute atomic E-state index is 0.286. The molecule has 2 heterocycles. The summed E-state index contributed by atoms with van der Waals surface area (Å²) in [7, 11) is 0. The summed E-state index contributed by atoms with van der Waals surface area (Å²) in [6, 6.07) is 6.34. The average molecular weight is 219 g/mol. The molecule has 0 saturated heterocycles. The van der Waals surface area contributed by atoms with Gasteiger partial charge in [0.2, 0.25) is 0 Å². The van der Waals surface area contributed by atoms with Crippen LogP contribution in [0, 0.1) is 0 Å². The first-order valence-electron chi connectivity index (χ1n) is 4.76. The predicted molar refractivity (Wildman–Crippen MR) is 65.0 cm³/mol. The third kappa shape index (κ3) is 2.47. The Kier molecular flexibility index (Phi) is 2.87. The minimum Gasteiger partial charge on any atom is -0.397 e. The van der Waals surface area contributed by atoms with Crippen molar-refractivity contribution in [1.82, 2.24) is 4.98 Å². The molecule has 2 aromatic heterocycles. The maximum Gasteiger partial charge on any atom is 0.0578 e. The monoisotopic (exact) mass is 219 g/mol. The highest BCUT2D eigenvalue weighted by molar-refractivity contribution is 7.10. The molecule has 3 nitrogen and oxygen atoms in total. The fourth-order valence-electron chi connectivity index (χ4n) is 1.40. The van der Waals surface area contributed by atoms with Gasteiger partial charge in [-0.1, -0.05) is 6.07 Å². The number of hydrogen-bond acceptors (Lipinski definition) is 4. The van der Waals surface area contributed by atoms with E-state index in [9.17, 15) is 0 Å². The Labute approximate surface area is 93.0 Å². The molecule has 0 amide bonds. The number of thiophene rings is 1. The molecule has 0 saturated carbocycles. The quantitative estimate of drug-likeness (QED) is 0.834. The van der Waals surface area contributed by atoms with E-state index in [0.717, 1.165) is 5.69 Å². The Morgan fingerprint density at radius 1 is 1.47 bits per heavy atom. The molecule has 15 heavy (non-hydrogen) atoms. The highest BCUT2D eigenvalue weighted by atomic mass is 32.1. The molecule has 0 aliphatic carbocycles. The molecular formula is C11H13N3S. The first-order chi connectivity index (χ1) is 7.25. The molecule has 0 spiro atoms. The first kappa shape index (κ1) is 9.98. The largest absolute Gasteiger partial charge is 0.397 e. The van der Waals surface area contributed by atoms with Gasteiger partial charge >= 0.3 is 0 Å². The van der Waals surface area contributed by atoms with E-state index in [-0.39, 0.29) is 6.04 Å². The van der Waals surface area contributed by atoms with Gasteiger partial charge in [-0.25, -0.2) is 0 Å². The van der Waals surface area contributed by atoms with Crippen LogP contribution in [0.4, 0.5) is 11.4 Å². The van der Waals surface area contributed by atoms with Gasteiger partial charge in [0.15, 0.2) is 0 Å². The molecule has 0 aromatic carbocycles. The van der Waals surface area contributed by atoms with Crippen molar-refractivity contribution in [3.05, 3.63) is 40.8 Å². The van der Waals surface area contributed by atoms with E-state index in [0.29, 0.717) is 5.69 Å². The van der Waals surface area contributed by atoms with Gasteiger partial charge in [-0.15, -0.1) is 11.3 Å². The van der Waals surface area contributed by atoms with Crippen LogP contribution in [0.3, 0.4) is 0 Å². The van der Waals surface area contributed by atoms with Gasteiger partial charge in [0.1, 0.15) is 0 Å². The Bertz CT molecular complexity index is 425. The van der Waals surface area contributed by atoms with Crippen molar-refractivity contribution in [2.75, 3.05) is 11.1 Å². The highest BCUT2D eigenvalue weighted by Gasteiger charge is 2.05. The van der Waals surface area contributed by atoms with Gasteiger partial charge in [0, 0.05) is 11.1 Å². The van der Waals surface area contributed by atoms with Crippen LogP contribution < -0.4 is 11.1 Å². The van der Waals surface area contributed by atoms with E-state index in [2.05, 4.69) is 34.7 Å². The molecule has 1 atom stereocenters. The lowest BCUT2D eigenvalue weighted by Gasteiger charge is -2.13. The van der Waals surface area contributed by atoms with E-state index in [1.165, 1.54) is 4.88 Å². The smallest absolute Gasteiger partial charge is 0.0578 e. The number of anilines is 2. The number of nitrogens with two attached hydrogens (primary N) is 1. The molecule has 3 N–H and O–H groups in total. The van der Waals surface area contributed by atoms with Gasteiger partial charge in [-0.05, 0) is 24.4 Å². The number of nitrogen functional groups attached to an aromatic ring is 1. The molecule has 2 aromatic rings. The summed E-state index contributed by atoms with van der Waals surface area (Å²) in [6.07, 6.45) is 3.42. The molecule has 78 valence electrons. The SMILES string of the molecule is CC(Nc1cncc(N)c1)c1cccs1. The van der Waals surface area contributed by atoms with Gasteiger partial charge in [0.05, 0.1) is 23.6 Å². The molecule has 0 fully saturated rings. The van der Waals surface area contributed by atoms with Crippen LogP contribution in [0.1, 0.15) is 17.8 Å². The van der Waals surface area contributed by atoms with Crippen molar-refractivity contribution >= 4 is 22.7 Å². The topological polar surface area (TPSA) is 50.9 Å². The third-order valence-corrected chi connectivity index (χ3v) is 3.17. The summed E-state index contributed by atoms with van der Waals surface area (Å²) in [5.41, 5.74) is 7.29. The van der Waals surface area contributed by atoms with Crippen LogP contribution in [0.25, 0.3) is 0 Å². The van der Waals surface area contributed by atoms with Crippen molar-refractivity contribution in [1.29, 1.82) is 0 Å². The zero-order chi connectivity index (χ0) is 10.7. The van der Waals surface area contributed by atoms with E-state index in [1.54, 1.807) is 23.7 Å². The molecule has 0 aliphatic rings. The Morgan fingerprint density at radius 2 is 2.33 bits per heavy atom. The Morgan fingerprint density at radius 3 is 3.00 bits per heavy atom. The van der Waals surface area contributed by atoms with Crippen LogP contribution >= 0.6 is 11.3 Å². The van der Waals surface area contributed by atoms with Crippen molar-refractivity contribution in [2.24, 2.45) is 0 Å². The summed E-state index contributed by atoms with van der Waals surface area (Å²) in [4.78, 5) is 5.34. The second-order valence-corrected chi connectivity index (χ2v) is 4.37. The van der Waals surface area contributed by atoms with E-state index >= 15 is 0 Å². The summed E-state index contributed by atoms with van der Waals surface area (Å²) in [5, 5.41) is 5.43. The Hall–Kier alpha value is -1.55. The average Bonchev–Trinajstić information content (AvgIpc) is 2.70. The van der Waals surface area contributed by atoms with E-state index in [4.69, 9.17) is 5.73 Å². The molecule has 1 unspecified atom stereocenters. The van der Waals surface area contributed by atoms with Crippen molar-refractivity contribution in [3.63, 3.8) is 0 Å². The van der Waals surface area contributed by atoms with Crippen molar-refractivity contribution < 1.29 is 0 Å². The number of pyridine rings is 1. The van der Waals surface area contributed by atoms with Gasteiger partial charge in [0.25, 0.3) is 0 Å². The molecule has 0 radical (unpaired) electrons. The normalized spacial score (nSPS) is 12.3. The standard InChI is InChI=1S/C11H13N3S/c1-8(11-3-2-4-15-11)14-10-5-9(12)6-13-7-10/h2-8,14H,12H2,1H3. The molecule has 2 rings (SSSR count). The number of hydrogen-bond donors (Lipinski definition) is 2. The Balaban J connectivity index is 2.09. The lowest BCUT2D eigenvalue weighted by molar-refractivity contribution is 0.906. The van der Waals surface area contributed by atoms with Crippen LogP contribution in [-0.4, -0.2) is 4.98 Å². The van der Waals surface area contributed by atoms with Gasteiger partial charge in [-0.3, -0.25) is 4.98 Å². The molecular weight excluding hydrogens is 206 g/mol. The predicted octanol–water partition coefficient (Wildman–Crippen LogP) is 2.90. The van der Waals surface area contributed by atoms with Crippen LogP contribution in [0.15, 0.2) is 36.0 Å². The lowest BCUT2D eigenvalue weighted by atomic mass is 10.2. The third-order valence-electron chi connectivity index (χ3n) is 2.11. The lowest BCUT2D eigenvalue weighted by Crippen LogP contribution is -2.05. The second kappa shape index (κ2) is 4.31. The second-order valence-electron chi connectivity index (χ2n) is 3.39. The zero-order valence-corrected chi connectivity index (χ0v) is 9.29. The van der Waals surface area contributed by atoms with Crippen molar-refractivity contribution in [3.8, 4) is 0 Å². The molecule has 4 heteroatoms. The minimum atomic E-state index is 0.286. The summed E-state index contributed by atoms with van der Waals surface area (Å²) in [6.45, 7) is 2.12. The van der Waals surface area contributed by atoms with Crippen molar-refractivity contribution in [2.45, 2.75) is 13.0 Å². The van der Waals surface area contributed by atoms with Crippen LogP contribution in [0.2, 0.25) is 0 Å². The van der Waals surface area contributed by atoms with E-state index in [1.807, 2.05) is 6.07 Å². The van der Waals surface area contributed by atoms with Crippen LogP contribution in [-0.2, 0) is 0 Å². The number of aromatic nitrogens is 1. The summed E-state index contributed by atoms with van der Waals surface area (Å²) in [5.74, 6) is 0. The summed E-state index contributed by atoms with van der Waals surface area (Å²) >= 11 is 1.74. The number of nitrogens with one attached hydrogen (secondary N) is 1. The maximum absolute atomic E-state index is 5.65.